The van der Waals surface area contributed by atoms with Crippen molar-refractivity contribution < 1.29 is 0 Å². The predicted molar refractivity (Wildman–Crippen MR) is 73.1 cm³/mol. The summed E-state index contributed by atoms with van der Waals surface area (Å²) in [4.78, 5) is 8.08. The average molecular weight is 249 g/mol. The largest absolute Gasteiger partial charge is 0.214 e. The van der Waals surface area contributed by atoms with E-state index in [1.165, 1.54) is 0 Å². The van der Waals surface area contributed by atoms with Crippen LogP contribution in [-0.4, -0.2) is 22.7 Å². The van der Waals surface area contributed by atoms with Crippen LogP contribution in [0.5, 0.6) is 0 Å². The molecule has 0 unspecified atom stereocenters. The van der Waals surface area contributed by atoms with Crippen molar-refractivity contribution in [2.75, 3.05) is 12.5 Å². The number of nitriles is 1. The van der Waals surface area contributed by atoms with Crippen molar-refractivity contribution in [1.82, 2.24) is 0 Å². The maximum atomic E-state index is 8.64. The standard InChI is InChI=1S/C11H11N3S2/c1-15-11(16-2)14-10(13-8-12)9-6-4-3-5-7-9/h3-7H,1-2H3. The lowest BCUT2D eigenvalue weighted by Crippen LogP contribution is -1.99. The molecule has 16 heavy (non-hydrogen) atoms. The van der Waals surface area contributed by atoms with E-state index < -0.39 is 0 Å². The van der Waals surface area contributed by atoms with Crippen LogP contribution < -0.4 is 0 Å². The van der Waals surface area contributed by atoms with E-state index in [1.54, 1.807) is 29.7 Å². The van der Waals surface area contributed by atoms with Gasteiger partial charge in [0.25, 0.3) is 0 Å². The lowest BCUT2D eigenvalue weighted by molar-refractivity contribution is 1.41. The highest BCUT2D eigenvalue weighted by Crippen LogP contribution is 2.13. The van der Waals surface area contributed by atoms with E-state index >= 15 is 0 Å². The maximum Gasteiger partial charge on any atom is 0.207 e. The summed E-state index contributed by atoms with van der Waals surface area (Å²) in [5.41, 5.74) is 0.852. The van der Waals surface area contributed by atoms with Crippen molar-refractivity contribution in [1.29, 1.82) is 5.26 Å². The van der Waals surface area contributed by atoms with Crippen LogP contribution in [0.15, 0.2) is 40.3 Å². The zero-order chi connectivity index (χ0) is 11.8. The van der Waals surface area contributed by atoms with E-state index in [2.05, 4.69) is 9.98 Å². The molecule has 0 radical (unpaired) electrons. The molecule has 0 heterocycles. The Morgan fingerprint density at radius 1 is 1.19 bits per heavy atom. The number of nitrogens with zero attached hydrogens (tertiary/aromatic N) is 3. The first-order valence-corrected chi connectivity index (χ1v) is 6.95. The zero-order valence-corrected chi connectivity index (χ0v) is 10.7. The predicted octanol–water partition coefficient (Wildman–Crippen LogP) is 3.00. The van der Waals surface area contributed by atoms with Crippen LogP contribution in [0.2, 0.25) is 0 Å². The molecule has 0 saturated carbocycles. The fourth-order valence-corrected chi connectivity index (χ4v) is 2.07. The Hall–Kier alpha value is -1.25. The second kappa shape index (κ2) is 7.09. The van der Waals surface area contributed by atoms with Crippen LogP contribution in [-0.2, 0) is 0 Å². The van der Waals surface area contributed by atoms with E-state index in [-0.39, 0.29) is 0 Å². The molecule has 5 heteroatoms. The smallest absolute Gasteiger partial charge is 0.207 e. The number of aliphatic imine (C=N–C) groups is 2. The van der Waals surface area contributed by atoms with Crippen LogP contribution >= 0.6 is 23.5 Å². The topological polar surface area (TPSA) is 48.5 Å². The van der Waals surface area contributed by atoms with E-state index in [9.17, 15) is 0 Å². The van der Waals surface area contributed by atoms with Gasteiger partial charge in [0.05, 0.1) is 0 Å². The van der Waals surface area contributed by atoms with Gasteiger partial charge in [-0.05, 0) is 12.5 Å². The Labute approximate surface area is 104 Å². The van der Waals surface area contributed by atoms with Gasteiger partial charge >= 0.3 is 0 Å². The van der Waals surface area contributed by atoms with E-state index in [0.29, 0.717) is 5.84 Å². The molecule has 3 nitrogen and oxygen atoms in total. The molecule has 0 aliphatic carbocycles. The summed E-state index contributed by atoms with van der Waals surface area (Å²) in [6.07, 6.45) is 5.68. The number of rotatable bonds is 1. The minimum atomic E-state index is 0.460. The molecule has 0 atom stereocenters. The van der Waals surface area contributed by atoms with Crippen LogP contribution in [0.3, 0.4) is 0 Å². The summed E-state index contributed by atoms with van der Waals surface area (Å²) < 4.78 is 0.887. The minimum Gasteiger partial charge on any atom is -0.214 e. The molecule has 0 aromatic heterocycles. The molecule has 82 valence electrons. The SMILES string of the molecule is CSC(=NC(=NC#N)c1ccccc1)SC. The van der Waals surface area contributed by atoms with E-state index in [1.807, 2.05) is 42.8 Å². The summed E-state index contributed by atoms with van der Waals surface area (Å²) in [5, 5.41) is 8.64. The average Bonchev–Trinajstić information content (AvgIpc) is 2.35. The third-order valence-electron chi connectivity index (χ3n) is 1.73. The second-order valence-electron chi connectivity index (χ2n) is 2.69. The summed E-state index contributed by atoms with van der Waals surface area (Å²) >= 11 is 3.08. The molecule has 0 amide bonds. The number of hydrogen-bond acceptors (Lipinski definition) is 4. The highest BCUT2D eigenvalue weighted by atomic mass is 32.2. The minimum absolute atomic E-state index is 0.460. The molecule has 0 fully saturated rings. The van der Waals surface area contributed by atoms with Gasteiger partial charge in [0.2, 0.25) is 6.19 Å². The number of thioether (sulfide) groups is 2. The zero-order valence-electron chi connectivity index (χ0n) is 9.04. The van der Waals surface area contributed by atoms with Gasteiger partial charge in [-0.25, -0.2) is 4.99 Å². The van der Waals surface area contributed by atoms with Crippen molar-refractivity contribution in [2.45, 2.75) is 0 Å². The summed E-state index contributed by atoms with van der Waals surface area (Å²) in [6.45, 7) is 0. The van der Waals surface area contributed by atoms with Gasteiger partial charge in [-0.3, -0.25) is 0 Å². The van der Waals surface area contributed by atoms with Gasteiger partial charge in [-0.15, -0.1) is 23.5 Å². The van der Waals surface area contributed by atoms with Crippen molar-refractivity contribution in [2.24, 2.45) is 9.98 Å². The van der Waals surface area contributed by atoms with Gasteiger partial charge in [0, 0.05) is 5.56 Å². The third-order valence-corrected chi connectivity index (χ3v) is 3.62. The summed E-state index contributed by atoms with van der Waals surface area (Å²) in [5.74, 6) is 0.460. The highest BCUT2D eigenvalue weighted by molar-refractivity contribution is 8.38. The Bertz CT molecular complexity index is 426. The second-order valence-corrected chi connectivity index (χ2v) is 4.54. The maximum absolute atomic E-state index is 8.64. The Morgan fingerprint density at radius 2 is 1.81 bits per heavy atom. The molecule has 0 bridgehead atoms. The van der Waals surface area contributed by atoms with Crippen LogP contribution in [0.4, 0.5) is 0 Å². The molecular weight excluding hydrogens is 238 g/mol. The van der Waals surface area contributed by atoms with Gasteiger partial charge in [0.15, 0.2) is 5.84 Å². The number of amidine groups is 1. The van der Waals surface area contributed by atoms with Crippen molar-refractivity contribution >= 4 is 33.7 Å². The number of hydrogen-bond donors (Lipinski definition) is 0. The monoisotopic (exact) mass is 249 g/mol. The molecule has 1 rings (SSSR count). The first-order chi connectivity index (χ1) is 7.81. The normalized spacial score (nSPS) is 10.7. The number of benzene rings is 1. The quantitative estimate of drug-likeness (QED) is 0.437. The van der Waals surface area contributed by atoms with Crippen molar-refractivity contribution in [3.63, 3.8) is 0 Å². The van der Waals surface area contributed by atoms with Gasteiger partial charge in [0.1, 0.15) is 4.38 Å². The Balaban J connectivity index is 3.08. The lowest BCUT2D eigenvalue weighted by atomic mass is 10.2. The molecule has 0 spiro atoms. The molecule has 0 N–H and O–H groups in total. The Kier molecular flexibility index (Phi) is 5.68. The molecular formula is C11H11N3S2. The fourth-order valence-electron chi connectivity index (χ4n) is 1.05. The van der Waals surface area contributed by atoms with Crippen molar-refractivity contribution in [3.8, 4) is 6.19 Å². The van der Waals surface area contributed by atoms with Gasteiger partial charge < -0.3 is 0 Å². The van der Waals surface area contributed by atoms with Gasteiger partial charge in [-0.1, -0.05) is 30.3 Å². The molecule has 0 aliphatic rings. The Morgan fingerprint density at radius 3 is 2.31 bits per heavy atom. The lowest BCUT2D eigenvalue weighted by Gasteiger charge is -2.01. The van der Waals surface area contributed by atoms with Crippen LogP contribution in [0, 0.1) is 11.5 Å². The van der Waals surface area contributed by atoms with E-state index in [4.69, 9.17) is 5.26 Å². The fraction of sp³-hybridized carbons (Fsp3) is 0.182. The van der Waals surface area contributed by atoms with E-state index in [0.717, 1.165) is 9.94 Å². The highest BCUT2D eigenvalue weighted by Gasteiger charge is 2.03. The molecule has 0 aliphatic heterocycles. The first kappa shape index (κ1) is 12.8. The van der Waals surface area contributed by atoms with Crippen LogP contribution in [0.1, 0.15) is 5.56 Å². The molecule has 1 aromatic carbocycles. The summed E-state index contributed by atoms with van der Waals surface area (Å²) in [7, 11) is 0. The van der Waals surface area contributed by atoms with Crippen LogP contribution in [0.25, 0.3) is 0 Å². The third kappa shape index (κ3) is 3.72. The molecule has 1 aromatic rings. The summed E-state index contributed by atoms with van der Waals surface area (Å²) in [6, 6.07) is 9.49. The first-order valence-electron chi connectivity index (χ1n) is 4.50. The van der Waals surface area contributed by atoms with Gasteiger partial charge in [-0.2, -0.15) is 10.3 Å². The molecule has 0 saturated heterocycles. The van der Waals surface area contributed by atoms with Crippen molar-refractivity contribution in [3.05, 3.63) is 35.9 Å².